The summed E-state index contributed by atoms with van der Waals surface area (Å²) in [5, 5.41) is 6.37. The van der Waals surface area contributed by atoms with Gasteiger partial charge < -0.3 is 21.1 Å². The summed E-state index contributed by atoms with van der Waals surface area (Å²) in [5.41, 5.74) is 7.09. The van der Waals surface area contributed by atoms with Crippen molar-refractivity contribution in [1.29, 1.82) is 0 Å². The van der Waals surface area contributed by atoms with Crippen molar-refractivity contribution in [3.8, 4) is 5.75 Å². The Bertz CT molecular complexity index is 612. The first kappa shape index (κ1) is 14.1. The molecule has 2 aromatic rings. The van der Waals surface area contributed by atoms with E-state index in [0.29, 0.717) is 17.1 Å². The van der Waals surface area contributed by atoms with Gasteiger partial charge in [-0.25, -0.2) is 0 Å². The average Bonchev–Trinajstić information content (AvgIpc) is 2.85. The quantitative estimate of drug-likeness (QED) is 0.780. The number of methoxy groups -OCH3 is 1. The topological polar surface area (TPSA) is 89.3 Å². The fraction of sp³-hybridized carbons (Fsp3) is 0.231. The summed E-state index contributed by atoms with van der Waals surface area (Å²) >= 11 is 1.16. The number of nitrogens with two attached hydrogens (primary N) is 1. The summed E-state index contributed by atoms with van der Waals surface area (Å²) in [6.45, 7) is 0.523. The number of carbonyl (C=O) groups excluding carboxylic acids is 1. The number of para-hydroxylation sites is 1. The summed E-state index contributed by atoms with van der Waals surface area (Å²) in [5.74, 6) is 0.773. The summed E-state index contributed by atoms with van der Waals surface area (Å²) in [4.78, 5) is 11.8. The lowest BCUT2D eigenvalue weighted by Gasteiger charge is -2.10. The molecule has 0 saturated heterocycles. The van der Waals surface area contributed by atoms with Crippen LogP contribution in [0.5, 0.6) is 5.75 Å². The standard InChI is InChI=1S/C13H16N4O2S/c1-15-12(18)10-11(14)17-20-13(10)16-7-8-5-3-4-6-9(8)19-2/h3-6,16H,7H2,1-2H3,(H2,14,17)(H,15,18). The molecule has 20 heavy (non-hydrogen) atoms. The molecule has 0 aliphatic carbocycles. The van der Waals surface area contributed by atoms with Crippen LogP contribution in [0.3, 0.4) is 0 Å². The SMILES string of the molecule is CNC(=O)c1c(N)nsc1NCc1ccccc1OC. The zero-order valence-electron chi connectivity index (χ0n) is 11.3. The Labute approximate surface area is 121 Å². The van der Waals surface area contributed by atoms with Crippen LogP contribution in [0, 0.1) is 0 Å². The number of amides is 1. The normalized spacial score (nSPS) is 10.1. The van der Waals surface area contributed by atoms with Crippen LogP contribution < -0.4 is 21.1 Å². The molecule has 0 bridgehead atoms. The van der Waals surface area contributed by atoms with Gasteiger partial charge in [0.05, 0.1) is 7.11 Å². The fourth-order valence-corrected chi connectivity index (χ4v) is 2.50. The molecule has 0 unspecified atom stereocenters. The van der Waals surface area contributed by atoms with E-state index >= 15 is 0 Å². The molecule has 1 aromatic carbocycles. The molecule has 1 heterocycles. The Morgan fingerprint density at radius 1 is 1.45 bits per heavy atom. The maximum Gasteiger partial charge on any atom is 0.257 e. The van der Waals surface area contributed by atoms with Crippen LogP contribution in [0.1, 0.15) is 15.9 Å². The van der Waals surface area contributed by atoms with Crippen molar-refractivity contribution in [3.63, 3.8) is 0 Å². The second kappa shape index (κ2) is 6.25. The number of nitrogens with zero attached hydrogens (tertiary/aromatic N) is 1. The second-order valence-corrected chi connectivity index (χ2v) is 4.79. The van der Waals surface area contributed by atoms with Gasteiger partial charge in [0.25, 0.3) is 5.91 Å². The molecule has 1 amide bonds. The van der Waals surface area contributed by atoms with Crippen molar-refractivity contribution < 1.29 is 9.53 Å². The average molecular weight is 292 g/mol. The number of rotatable bonds is 5. The zero-order chi connectivity index (χ0) is 14.5. The first-order chi connectivity index (χ1) is 9.67. The minimum absolute atomic E-state index is 0.233. The van der Waals surface area contributed by atoms with Gasteiger partial charge in [-0.05, 0) is 17.6 Å². The molecule has 0 fully saturated rings. The molecule has 4 N–H and O–H groups in total. The summed E-state index contributed by atoms with van der Waals surface area (Å²) in [6, 6.07) is 7.68. The van der Waals surface area contributed by atoms with Crippen LogP contribution in [-0.4, -0.2) is 24.4 Å². The number of anilines is 2. The van der Waals surface area contributed by atoms with Crippen molar-refractivity contribution in [2.24, 2.45) is 0 Å². The highest BCUT2D eigenvalue weighted by atomic mass is 32.1. The minimum Gasteiger partial charge on any atom is -0.496 e. The number of aromatic nitrogens is 1. The molecule has 1 aromatic heterocycles. The van der Waals surface area contributed by atoms with E-state index in [1.54, 1.807) is 14.2 Å². The highest BCUT2D eigenvalue weighted by Crippen LogP contribution is 2.28. The van der Waals surface area contributed by atoms with Crippen molar-refractivity contribution in [1.82, 2.24) is 9.69 Å². The van der Waals surface area contributed by atoms with Crippen LogP contribution >= 0.6 is 11.5 Å². The van der Waals surface area contributed by atoms with Gasteiger partial charge in [0.2, 0.25) is 0 Å². The Morgan fingerprint density at radius 3 is 2.90 bits per heavy atom. The van der Waals surface area contributed by atoms with E-state index in [9.17, 15) is 4.79 Å². The maximum absolute atomic E-state index is 11.8. The molecule has 106 valence electrons. The largest absolute Gasteiger partial charge is 0.496 e. The number of carbonyl (C=O) groups is 1. The van der Waals surface area contributed by atoms with Gasteiger partial charge in [-0.2, -0.15) is 4.37 Å². The van der Waals surface area contributed by atoms with Crippen molar-refractivity contribution in [2.75, 3.05) is 25.2 Å². The van der Waals surface area contributed by atoms with Gasteiger partial charge in [-0.15, -0.1) is 0 Å². The van der Waals surface area contributed by atoms with Crippen LogP contribution in [0.15, 0.2) is 24.3 Å². The number of nitrogens with one attached hydrogen (secondary N) is 2. The molecular formula is C13H16N4O2S. The lowest BCUT2D eigenvalue weighted by atomic mass is 10.2. The first-order valence-corrected chi connectivity index (χ1v) is 6.77. The molecule has 0 spiro atoms. The first-order valence-electron chi connectivity index (χ1n) is 6.00. The molecule has 2 rings (SSSR count). The van der Waals surface area contributed by atoms with E-state index in [1.807, 2.05) is 24.3 Å². The van der Waals surface area contributed by atoms with E-state index in [-0.39, 0.29) is 11.7 Å². The highest BCUT2D eigenvalue weighted by molar-refractivity contribution is 7.11. The van der Waals surface area contributed by atoms with Crippen LogP contribution in [0.4, 0.5) is 10.8 Å². The Hall–Kier alpha value is -2.28. The molecule has 0 radical (unpaired) electrons. The predicted octanol–water partition coefficient (Wildman–Crippen LogP) is 1.71. The lowest BCUT2D eigenvalue weighted by molar-refractivity contribution is 0.0965. The van der Waals surface area contributed by atoms with Crippen molar-refractivity contribution in [3.05, 3.63) is 35.4 Å². The maximum atomic E-state index is 11.8. The Morgan fingerprint density at radius 2 is 2.20 bits per heavy atom. The van der Waals surface area contributed by atoms with E-state index in [2.05, 4.69) is 15.0 Å². The molecule has 0 aliphatic rings. The molecule has 7 heteroatoms. The fourth-order valence-electron chi connectivity index (χ4n) is 1.79. The Kier molecular flexibility index (Phi) is 4.41. The van der Waals surface area contributed by atoms with Gasteiger partial charge in [0.1, 0.15) is 16.3 Å². The van der Waals surface area contributed by atoms with Gasteiger partial charge in [0.15, 0.2) is 5.82 Å². The van der Waals surface area contributed by atoms with E-state index < -0.39 is 0 Å². The molecule has 0 saturated carbocycles. The zero-order valence-corrected chi connectivity index (χ0v) is 12.1. The van der Waals surface area contributed by atoms with Gasteiger partial charge in [0, 0.05) is 19.2 Å². The van der Waals surface area contributed by atoms with Crippen molar-refractivity contribution in [2.45, 2.75) is 6.54 Å². The van der Waals surface area contributed by atoms with E-state index in [4.69, 9.17) is 10.5 Å². The number of hydrogen-bond acceptors (Lipinski definition) is 6. The lowest BCUT2D eigenvalue weighted by Crippen LogP contribution is -2.20. The van der Waals surface area contributed by atoms with Crippen LogP contribution in [0.25, 0.3) is 0 Å². The third kappa shape index (κ3) is 2.83. The van der Waals surface area contributed by atoms with Gasteiger partial charge >= 0.3 is 0 Å². The molecular weight excluding hydrogens is 276 g/mol. The van der Waals surface area contributed by atoms with Crippen LogP contribution in [-0.2, 0) is 6.54 Å². The van der Waals surface area contributed by atoms with E-state index in [0.717, 1.165) is 22.8 Å². The number of nitrogen functional groups attached to an aromatic ring is 1. The third-order valence-corrected chi connectivity index (χ3v) is 3.62. The van der Waals surface area contributed by atoms with E-state index in [1.165, 1.54) is 0 Å². The number of hydrogen-bond donors (Lipinski definition) is 3. The summed E-state index contributed by atoms with van der Waals surface area (Å²) in [6.07, 6.45) is 0. The van der Waals surface area contributed by atoms with Crippen molar-refractivity contribution >= 4 is 28.3 Å². The van der Waals surface area contributed by atoms with Gasteiger partial charge in [-0.1, -0.05) is 18.2 Å². The summed E-state index contributed by atoms with van der Waals surface area (Å²) < 4.78 is 9.29. The number of ether oxygens (including phenoxy) is 1. The smallest absolute Gasteiger partial charge is 0.257 e. The number of benzene rings is 1. The molecule has 0 atom stereocenters. The summed E-state index contributed by atoms with van der Waals surface area (Å²) in [7, 11) is 3.18. The predicted molar refractivity (Wildman–Crippen MR) is 80.2 cm³/mol. The third-order valence-electron chi connectivity index (χ3n) is 2.80. The minimum atomic E-state index is -0.251. The second-order valence-electron chi connectivity index (χ2n) is 4.02. The van der Waals surface area contributed by atoms with Crippen LogP contribution in [0.2, 0.25) is 0 Å². The highest BCUT2D eigenvalue weighted by Gasteiger charge is 2.18. The molecule has 0 aliphatic heterocycles. The monoisotopic (exact) mass is 292 g/mol. The van der Waals surface area contributed by atoms with Gasteiger partial charge in [-0.3, -0.25) is 4.79 Å². The molecule has 6 nitrogen and oxygen atoms in total. The Balaban J connectivity index is 2.17.